The average Bonchev–Trinajstić information content (AvgIpc) is 2.83. The van der Waals surface area contributed by atoms with Gasteiger partial charge in [0.05, 0.1) is 17.0 Å². The standard InChI is InChI=1S/C26H23ClN2O3S/c1-29(33(31,32)24-15-11-22(27)12-16-24)23-13-9-19(10-14-23)17-26(30)28-18-21-7-4-6-20-5-2-3-8-25(20)21/h2-16H,17-18H2,1H3,(H,28,30). The lowest BCUT2D eigenvalue weighted by Gasteiger charge is -2.20. The zero-order valence-electron chi connectivity index (χ0n) is 18.0. The van der Waals surface area contributed by atoms with Crippen LogP contribution in [-0.4, -0.2) is 21.4 Å². The van der Waals surface area contributed by atoms with Gasteiger partial charge in [-0.3, -0.25) is 9.10 Å². The van der Waals surface area contributed by atoms with Crippen molar-refractivity contribution in [1.82, 2.24) is 5.32 Å². The zero-order valence-corrected chi connectivity index (χ0v) is 19.6. The summed E-state index contributed by atoms with van der Waals surface area (Å²) < 4.78 is 26.9. The molecule has 168 valence electrons. The van der Waals surface area contributed by atoms with Crippen molar-refractivity contribution in [2.24, 2.45) is 0 Å². The van der Waals surface area contributed by atoms with Crippen LogP contribution < -0.4 is 9.62 Å². The molecule has 0 radical (unpaired) electrons. The molecule has 0 fully saturated rings. The number of halogens is 1. The van der Waals surface area contributed by atoms with Gasteiger partial charge >= 0.3 is 0 Å². The van der Waals surface area contributed by atoms with Gasteiger partial charge in [0.1, 0.15) is 0 Å². The Morgan fingerprint density at radius 3 is 2.27 bits per heavy atom. The van der Waals surface area contributed by atoms with Crippen LogP contribution in [0.15, 0.2) is 95.9 Å². The Morgan fingerprint density at radius 2 is 1.55 bits per heavy atom. The maximum Gasteiger partial charge on any atom is 0.264 e. The number of carbonyl (C=O) groups is 1. The van der Waals surface area contributed by atoms with Gasteiger partial charge < -0.3 is 5.32 Å². The van der Waals surface area contributed by atoms with Crippen LogP contribution in [0.3, 0.4) is 0 Å². The molecule has 0 aliphatic heterocycles. The molecule has 0 spiro atoms. The van der Waals surface area contributed by atoms with E-state index >= 15 is 0 Å². The highest BCUT2D eigenvalue weighted by atomic mass is 35.5. The Bertz CT molecular complexity index is 1380. The maximum absolute atomic E-state index is 12.8. The largest absolute Gasteiger partial charge is 0.352 e. The summed E-state index contributed by atoms with van der Waals surface area (Å²) in [6.45, 7) is 0.445. The molecular formula is C26H23ClN2O3S. The fourth-order valence-corrected chi connectivity index (χ4v) is 4.94. The fourth-order valence-electron chi connectivity index (χ4n) is 3.62. The Labute approximate surface area is 198 Å². The average molecular weight is 479 g/mol. The van der Waals surface area contributed by atoms with Crippen molar-refractivity contribution in [3.05, 3.63) is 107 Å². The lowest BCUT2D eigenvalue weighted by atomic mass is 10.0. The lowest BCUT2D eigenvalue weighted by Crippen LogP contribution is -2.26. The van der Waals surface area contributed by atoms with E-state index in [4.69, 9.17) is 11.6 Å². The molecule has 0 bridgehead atoms. The zero-order chi connectivity index (χ0) is 23.4. The van der Waals surface area contributed by atoms with Crippen molar-refractivity contribution in [2.45, 2.75) is 17.9 Å². The van der Waals surface area contributed by atoms with Crippen LogP contribution in [0.2, 0.25) is 5.02 Å². The maximum atomic E-state index is 12.8. The molecule has 5 nitrogen and oxygen atoms in total. The summed E-state index contributed by atoms with van der Waals surface area (Å²) in [5.41, 5.74) is 2.36. The second-order valence-electron chi connectivity index (χ2n) is 7.68. The molecule has 0 aromatic heterocycles. The van der Waals surface area contributed by atoms with Gasteiger partial charge in [-0.15, -0.1) is 0 Å². The Balaban J connectivity index is 1.40. The fraction of sp³-hybridized carbons (Fsp3) is 0.115. The molecule has 0 aliphatic rings. The smallest absolute Gasteiger partial charge is 0.264 e. The first kappa shape index (κ1) is 22.8. The van der Waals surface area contributed by atoms with E-state index in [1.165, 1.54) is 23.5 Å². The minimum absolute atomic E-state index is 0.0992. The number of anilines is 1. The van der Waals surface area contributed by atoms with Gasteiger partial charge in [-0.05, 0) is 58.3 Å². The number of hydrogen-bond acceptors (Lipinski definition) is 3. The van der Waals surface area contributed by atoms with Crippen molar-refractivity contribution < 1.29 is 13.2 Å². The Morgan fingerprint density at radius 1 is 0.879 bits per heavy atom. The summed E-state index contributed by atoms with van der Waals surface area (Å²) in [6.07, 6.45) is 0.207. The normalized spacial score (nSPS) is 11.3. The number of rotatable bonds is 7. The van der Waals surface area contributed by atoms with Gasteiger partial charge in [-0.2, -0.15) is 0 Å². The van der Waals surface area contributed by atoms with Crippen molar-refractivity contribution in [3.63, 3.8) is 0 Å². The third-order valence-electron chi connectivity index (χ3n) is 5.49. The summed E-state index contributed by atoms with van der Waals surface area (Å²) in [4.78, 5) is 12.6. The van der Waals surface area contributed by atoms with Crippen LogP contribution in [0.25, 0.3) is 10.8 Å². The molecule has 0 aliphatic carbocycles. The van der Waals surface area contributed by atoms with Gasteiger partial charge in [-0.1, -0.05) is 66.2 Å². The van der Waals surface area contributed by atoms with Crippen molar-refractivity contribution in [2.75, 3.05) is 11.4 Å². The van der Waals surface area contributed by atoms with Gasteiger partial charge in [0, 0.05) is 18.6 Å². The van der Waals surface area contributed by atoms with Crippen molar-refractivity contribution in [3.8, 4) is 0 Å². The number of sulfonamides is 1. The highest BCUT2D eigenvalue weighted by Gasteiger charge is 2.21. The summed E-state index contributed by atoms with van der Waals surface area (Å²) in [5, 5.41) is 5.70. The molecule has 4 aromatic carbocycles. The summed E-state index contributed by atoms with van der Waals surface area (Å²) in [6, 6.07) is 27.1. The molecule has 0 saturated carbocycles. The lowest BCUT2D eigenvalue weighted by molar-refractivity contribution is -0.120. The molecule has 1 amide bonds. The van der Waals surface area contributed by atoms with Crippen LogP contribution in [0, 0.1) is 0 Å². The molecule has 0 heterocycles. The van der Waals surface area contributed by atoms with Gasteiger partial charge in [0.2, 0.25) is 5.91 Å². The van der Waals surface area contributed by atoms with Crippen molar-refractivity contribution in [1.29, 1.82) is 0 Å². The SMILES string of the molecule is CN(c1ccc(CC(=O)NCc2cccc3ccccc23)cc1)S(=O)(=O)c1ccc(Cl)cc1. The predicted octanol–water partition coefficient (Wildman–Crippen LogP) is 5.18. The van der Waals surface area contributed by atoms with Gasteiger partial charge in [0.15, 0.2) is 0 Å². The highest BCUT2D eigenvalue weighted by Crippen LogP contribution is 2.24. The third kappa shape index (κ3) is 5.18. The molecule has 0 saturated heterocycles. The van der Waals surface area contributed by atoms with Crippen LogP contribution >= 0.6 is 11.6 Å². The van der Waals surface area contributed by atoms with Crippen molar-refractivity contribution >= 4 is 44.0 Å². The van der Waals surface area contributed by atoms with E-state index in [2.05, 4.69) is 5.32 Å². The van der Waals surface area contributed by atoms with Gasteiger partial charge in [0.25, 0.3) is 10.0 Å². The quantitative estimate of drug-likeness (QED) is 0.398. The Kier molecular flexibility index (Phi) is 6.67. The molecule has 33 heavy (non-hydrogen) atoms. The summed E-state index contributed by atoms with van der Waals surface area (Å²) >= 11 is 5.86. The molecule has 0 unspecified atom stereocenters. The number of nitrogens with zero attached hydrogens (tertiary/aromatic N) is 1. The molecule has 4 rings (SSSR count). The molecule has 0 atom stereocenters. The van der Waals surface area contributed by atoms with Crippen LogP contribution in [-0.2, 0) is 27.8 Å². The predicted molar refractivity (Wildman–Crippen MR) is 133 cm³/mol. The topological polar surface area (TPSA) is 66.5 Å². The minimum Gasteiger partial charge on any atom is -0.352 e. The van der Waals surface area contributed by atoms with Crippen LogP contribution in [0.5, 0.6) is 0 Å². The van der Waals surface area contributed by atoms with E-state index in [1.807, 2.05) is 42.5 Å². The monoisotopic (exact) mass is 478 g/mol. The number of hydrogen-bond donors (Lipinski definition) is 1. The number of benzene rings is 4. The first-order valence-electron chi connectivity index (χ1n) is 10.4. The van der Waals surface area contributed by atoms with Gasteiger partial charge in [-0.25, -0.2) is 8.42 Å². The number of fused-ring (bicyclic) bond motifs is 1. The first-order valence-corrected chi connectivity index (χ1v) is 12.2. The second kappa shape index (κ2) is 9.65. The van der Waals surface area contributed by atoms with E-state index in [1.54, 1.807) is 36.4 Å². The highest BCUT2D eigenvalue weighted by molar-refractivity contribution is 7.92. The van der Waals surface area contributed by atoms with E-state index in [9.17, 15) is 13.2 Å². The molecule has 1 N–H and O–H groups in total. The molecular weight excluding hydrogens is 456 g/mol. The van der Waals surface area contributed by atoms with Crippen LogP contribution in [0.1, 0.15) is 11.1 Å². The number of carbonyl (C=O) groups excluding carboxylic acids is 1. The first-order chi connectivity index (χ1) is 15.8. The molecule has 7 heteroatoms. The van der Waals surface area contributed by atoms with E-state index in [-0.39, 0.29) is 17.2 Å². The number of nitrogens with one attached hydrogen (secondary N) is 1. The van der Waals surface area contributed by atoms with Crippen LogP contribution in [0.4, 0.5) is 5.69 Å². The minimum atomic E-state index is -3.71. The summed E-state index contributed by atoms with van der Waals surface area (Å²) in [5.74, 6) is -0.0992. The van der Waals surface area contributed by atoms with E-state index in [0.717, 1.165) is 21.9 Å². The molecule has 4 aromatic rings. The third-order valence-corrected chi connectivity index (χ3v) is 7.54. The second-order valence-corrected chi connectivity index (χ2v) is 10.1. The van der Waals surface area contributed by atoms with E-state index in [0.29, 0.717) is 17.3 Å². The Hall–Kier alpha value is -3.35. The number of amides is 1. The summed E-state index contributed by atoms with van der Waals surface area (Å²) in [7, 11) is -2.21. The van der Waals surface area contributed by atoms with E-state index < -0.39 is 10.0 Å².